The zero-order valence-electron chi connectivity index (χ0n) is 19.6. The summed E-state index contributed by atoms with van der Waals surface area (Å²) in [4.78, 5) is 19.9. The van der Waals surface area contributed by atoms with Gasteiger partial charge in [0, 0.05) is 52.9 Å². The number of hydrogen-bond donors (Lipinski definition) is 2. The molecule has 2 N–H and O–H groups in total. The molecule has 0 unspecified atom stereocenters. The van der Waals surface area contributed by atoms with E-state index in [1.165, 1.54) is 0 Å². The molecule has 0 saturated carbocycles. The van der Waals surface area contributed by atoms with Gasteiger partial charge >= 0.3 is 0 Å². The molecule has 32 heavy (non-hydrogen) atoms. The number of guanidine groups is 1. The van der Waals surface area contributed by atoms with Crippen molar-refractivity contribution >= 4 is 41.5 Å². The minimum absolute atomic E-state index is 0. The fraction of sp³-hybridized carbons (Fsp3) is 0.417. The second-order valence-corrected chi connectivity index (χ2v) is 7.46. The predicted molar refractivity (Wildman–Crippen MR) is 142 cm³/mol. The Balaban J connectivity index is 0.00000512. The molecule has 0 aliphatic heterocycles. The van der Waals surface area contributed by atoms with E-state index in [4.69, 9.17) is 0 Å². The normalized spacial score (nSPS) is 10.9. The van der Waals surface area contributed by atoms with Crippen LogP contribution in [-0.2, 0) is 13.0 Å². The zero-order valence-corrected chi connectivity index (χ0v) is 21.9. The molecular weight excluding hydrogens is 520 g/mol. The molecule has 0 atom stereocenters. The Bertz CT molecular complexity index is 900. The van der Waals surface area contributed by atoms with Crippen molar-refractivity contribution in [3.8, 4) is 0 Å². The Morgan fingerprint density at radius 2 is 1.75 bits per heavy atom. The Hall–Kier alpha value is -2.36. The Morgan fingerprint density at radius 3 is 2.34 bits per heavy atom. The first-order valence-corrected chi connectivity index (χ1v) is 10.7. The lowest BCUT2D eigenvalue weighted by molar-refractivity contribution is 0.0827. The van der Waals surface area contributed by atoms with Gasteiger partial charge in [-0.2, -0.15) is 0 Å². The number of halogens is 2. The van der Waals surface area contributed by atoms with Gasteiger partial charge in [0.1, 0.15) is 5.82 Å². The van der Waals surface area contributed by atoms with Crippen LogP contribution in [0.25, 0.3) is 0 Å². The molecule has 0 aliphatic rings. The van der Waals surface area contributed by atoms with Crippen LogP contribution < -0.4 is 15.5 Å². The second-order valence-electron chi connectivity index (χ2n) is 7.46. The van der Waals surface area contributed by atoms with Crippen molar-refractivity contribution in [3.05, 3.63) is 65.0 Å². The fourth-order valence-corrected chi connectivity index (χ4v) is 3.33. The maximum atomic E-state index is 14.5. The lowest BCUT2D eigenvalue weighted by atomic mass is 10.1. The minimum atomic E-state index is -0.210. The van der Waals surface area contributed by atoms with E-state index >= 15 is 0 Å². The molecule has 176 valence electrons. The number of amides is 1. The smallest absolute Gasteiger partial charge is 0.253 e. The van der Waals surface area contributed by atoms with Gasteiger partial charge in [0.15, 0.2) is 5.96 Å². The fourth-order valence-electron chi connectivity index (χ4n) is 3.33. The van der Waals surface area contributed by atoms with E-state index in [1.807, 2.05) is 55.1 Å². The summed E-state index contributed by atoms with van der Waals surface area (Å²) in [7, 11) is 5.19. The van der Waals surface area contributed by atoms with Crippen molar-refractivity contribution in [1.29, 1.82) is 0 Å². The molecule has 8 heteroatoms. The average Bonchev–Trinajstić information content (AvgIpc) is 2.77. The third kappa shape index (κ3) is 7.96. The van der Waals surface area contributed by atoms with Crippen molar-refractivity contribution in [2.45, 2.75) is 26.8 Å². The minimum Gasteiger partial charge on any atom is -0.370 e. The molecule has 0 aromatic heterocycles. The molecular formula is C24H35FIN5O. The van der Waals surface area contributed by atoms with Gasteiger partial charge in [0.25, 0.3) is 5.91 Å². The van der Waals surface area contributed by atoms with Crippen LogP contribution in [0.15, 0.2) is 47.5 Å². The maximum Gasteiger partial charge on any atom is 0.253 e. The van der Waals surface area contributed by atoms with Crippen molar-refractivity contribution in [3.63, 3.8) is 0 Å². The largest absolute Gasteiger partial charge is 0.370 e. The van der Waals surface area contributed by atoms with Gasteiger partial charge in [0.05, 0.1) is 5.69 Å². The van der Waals surface area contributed by atoms with Crippen LogP contribution in [0.2, 0.25) is 0 Å². The molecule has 6 nitrogen and oxygen atoms in total. The zero-order chi connectivity index (χ0) is 22.8. The average molecular weight is 555 g/mol. The number of rotatable bonds is 9. The van der Waals surface area contributed by atoms with Gasteiger partial charge < -0.3 is 20.4 Å². The van der Waals surface area contributed by atoms with E-state index in [-0.39, 0.29) is 35.7 Å². The van der Waals surface area contributed by atoms with Crippen LogP contribution in [0.3, 0.4) is 0 Å². The van der Waals surface area contributed by atoms with Crippen molar-refractivity contribution in [2.24, 2.45) is 4.99 Å². The first kappa shape index (κ1) is 27.7. The van der Waals surface area contributed by atoms with E-state index in [9.17, 15) is 9.18 Å². The van der Waals surface area contributed by atoms with E-state index in [0.717, 1.165) is 30.6 Å². The molecule has 0 aliphatic carbocycles. The van der Waals surface area contributed by atoms with Gasteiger partial charge in [-0.3, -0.25) is 9.79 Å². The van der Waals surface area contributed by atoms with Crippen LogP contribution in [-0.4, -0.2) is 57.5 Å². The summed E-state index contributed by atoms with van der Waals surface area (Å²) in [5, 5.41) is 6.48. The highest BCUT2D eigenvalue weighted by atomic mass is 127. The number of anilines is 1. The van der Waals surface area contributed by atoms with Gasteiger partial charge in [-0.25, -0.2) is 4.39 Å². The summed E-state index contributed by atoms with van der Waals surface area (Å²) in [6, 6.07) is 13.0. The highest BCUT2D eigenvalue weighted by Crippen LogP contribution is 2.20. The Morgan fingerprint density at radius 1 is 1.03 bits per heavy atom. The number of hydrogen-bond acceptors (Lipinski definition) is 3. The Kier molecular flexibility index (Phi) is 12.0. The number of carbonyl (C=O) groups excluding carboxylic acids is 1. The first-order valence-electron chi connectivity index (χ1n) is 10.7. The van der Waals surface area contributed by atoms with Gasteiger partial charge in [-0.15, -0.1) is 24.0 Å². The summed E-state index contributed by atoms with van der Waals surface area (Å²) in [6.07, 6.45) is 0.752. The molecule has 2 rings (SSSR count). The van der Waals surface area contributed by atoms with E-state index in [0.29, 0.717) is 30.3 Å². The summed E-state index contributed by atoms with van der Waals surface area (Å²) < 4.78 is 14.5. The van der Waals surface area contributed by atoms with Gasteiger partial charge in [-0.05, 0) is 55.7 Å². The highest BCUT2D eigenvalue weighted by Gasteiger charge is 2.10. The second kappa shape index (κ2) is 13.9. The number of nitrogens with zero attached hydrogens (tertiary/aromatic N) is 3. The van der Waals surface area contributed by atoms with Gasteiger partial charge in [-0.1, -0.05) is 18.2 Å². The molecule has 2 aromatic rings. The van der Waals surface area contributed by atoms with E-state index < -0.39 is 0 Å². The topological polar surface area (TPSA) is 60.0 Å². The van der Waals surface area contributed by atoms with Crippen LogP contribution >= 0.6 is 24.0 Å². The molecule has 0 fully saturated rings. The standard InChI is InChI=1S/C24H34FN5O.HI/c1-6-30(7-2)22-12-11-19(16-21(22)25)17-28-24(26-3)27-14-13-18-9-8-10-20(15-18)23(31)29(4)5;/h8-12,15-16H,6-7,13-14,17H2,1-5H3,(H2,26,27,28);1H. The molecule has 1 amide bonds. The lowest BCUT2D eigenvalue weighted by Crippen LogP contribution is -2.37. The van der Waals surface area contributed by atoms with Crippen LogP contribution in [0, 0.1) is 5.82 Å². The maximum absolute atomic E-state index is 14.5. The summed E-state index contributed by atoms with van der Waals surface area (Å²) >= 11 is 0. The molecule has 0 spiro atoms. The van der Waals surface area contributed by atoms with Crippen LogP contribution in [0.1, 0.15) is 35.3 Å². The van der Waals surface area contributed by atoms with Crippen molar-refractivity contribution in [2.75, 3.05) is 45.7 Å². The van der Waals surface area contributed by atoms with Crippen LogP contribution in [0.4, 0.5) is 10.1 Å². The Labute approximate surface area is 208 Å². The van der Waals surface area contributed by atoms with Gasteiger partial charge in [0.2, 0.25) is 0 Å². The third-order valence-electron chi connectivity index (χ3n) is 5.09. The molecule has 0 saturated heterocycles. The highest BCUT2D eigenvalue weighted by molar-refractivity contribution is 14.0. The SMILES string of the molecule is CCN(CC)c1ccc(CNC(=NC)NCCc2cccc(C(=O)N(C)C)c2)cc1F.I. The number of benzene rings is 2. The van der Waals surface area contributed by atoms with E-state index in [2.05, 4.69) is 15.6 Å². The number of nitrogens with one attached hydrogen (secondary N) is 2. The quantitative estimate of drug-likeness (QED) is 0.280. The molecule has 0 radical (unpaired) electrons. The summed E-state index contributed by atoms with van der Waals surface area (Å²) in [5.74, 6) is 0.429. The van der Waals surface area contributed by atoms with E-state index in [1.54, 1.807) is 32.1 Å². The summed E-state index contributed by atoms with van der Waals surface area (Å²) in [6.45, 7) is 6.72. The molecule has 2 aromatic carbocycles. The number of aliphatic imine (C=N–C) groups is 1. The lowest BCUT2D eigenvalue weighted by Gasteiger charge is -2.22. The number of carbonyl (C=O) groups is 1. The monoisotopic (exact) mass is 555 g/mol. The molecule has 0 bridgehead atoms. The third-order valence-corrected chi connectivity index (χ3v) is 5.09. The summed E-state index contributed by atoms with van der Waals surface area (Å²) in [5.41, 5.74) is 3.24. The van der Waals surface area contributed by atoms with Crippen LogP contribution in [0.5, 0.6) is 0 Å². The predicted octanol–water partition coefficient (Wildman–Crippen LogP) is 3.90. The van der Waals surface area contributed by atoms with Crippen molar-refractivity contribution < 1.29 is 9.18 Å². The van der Waals surface area contributed by atoms with Crippen molar-refractivity contribution in [1.82, 2.24) is 15.5 Å². The first-order chi connectivity index (χ1) is 14.9. The molecule has 0 heterocycles.